The Morgan fingerprint density at radius 3 is 2.76 bits per heavy atom. The van der Waals surface area contributed by atoms with Gasteiger partial charge in [0.15, 0.2) is 0 Å². The quantitative estimate of drug-likeness (QED) is 0.765. The van der Waals surface area contributed by atoms with Crippen molar-refractivity contribution in [2.24, 2.45) is 0 Å². The maximum atomic E-state index is 12.6. The van der Waals surface area contributed by atoms with Gasteiger partial charge in [0.05, 0.1) is 5.41 Å². The summed E-state index contributed by atoms with van der Waals surface area (Å²) in [5.41, 5.74) is 6.92. The van der Waals surface area contributed by atoms with Crippen LogP contribution in [0.25, 0.3) is 0 Å². The number of nitrogen functional groups attached to an aromatic ring is 1. The molecule has 1 spiro atoms. The van der Waals surface area contributed by atoms with Gasteiger partial charge in [-0.05, 0) is 24.5 Å². The van der Waals surface area contributed by atoms with Crippen molar-refractivity contribution in [2.45, 2.75) is 31.1 Å². The van der Waals surface area contributed by atoms with Gasteiger partial charge < -0.3 is 16.0 Å². The molecular formula is C17H20N6O2. The predicted octanol–water partition coefficient (Wildman–Crippen LogP) is 0.832. The number of aromatic amines is 1. The Kier molecular flexibility index (Phi) is 3.67. The van der Waals surface area contributed by atoms with Crippen LogP contribution in [0.15, 0.2) is 24.3 Å². The van der Waals surface area contributed by atoms with E-state index < -0.39 is 5.41 Å². The molecule has 2 aliphatic rings. The number of carbonyl (C=O) groups excluding carboxylic acids is 2. The standard InChI is InChI=1S/C17H20N6O2/c18-16-20-13(21-22-16)5-6-14(24)23-9-7-17(8-10-23)11-3-1-2-4-12(11)19-15(17)25/h1-4H,5-10H2,(H,19,25)(H3,18,20,21,22). The molecule has 1 aromatic carbocycles. The average molecular weight is 340 g/mol. The van der Waals surface area contributed by atoms with E-state index in [0.717, 1.165) is 11.3 Å². The number of likely N-dealkylation sites (tertiary alicyclic amines) is 1. The van der Waals surface area contributed by atoms with E-state index in [1.54, 1.807) is 0 Å². The van der Waals surface area contributed by atoms with Crippen molar-refractivity contribution in [1.29, 1.82) is 0 Å². The second-order valence-corrected chi connectivity index (χ2v) is 6.60. The third kappa shape index (κ3) is 2.63. The number of carbonyl (C=O) groups is 2. The Morgan fingerprint density at radius 2 is 2.04 bits per heavy atom. The van der Waals surface area contributed by atoms with Gasteiger partial charge in [0, 0.05) is 31.6 Å². The van der Waals surface area contributed by atoms with Crippen LogP contribution >= 0.6 is 0 Å². The highest BCUT2D eigenvalue weighted by atomic mass is 16.2. The Hall–Kier alpha value is -2.90. The molecule has 1 fully saturated rings. The van der Waals surface area contributed by atoms with Crippen LogP contribution in [-0.4, -0.2) is 45.0 Å². The minimum absolute atomic E-state index is 0.0536. The van der Waals surface area contributed by atoms with Crippen molar-refractivity contribution in [3.8, 4) is 0 Å². The van der Waals surface area contributed by atoms with Gasteiger partial charge in [-0.3, -0.25) is 14.7 Å². The number of fused-ring (bicyclic) bond motifs is 2. The van der Waals surface area contributed by atoms with Crippen LogP contribution in [0, 0.1) is 0 Å². The van der Waals surface area contributed by atoms with E-state index in [9.17, 15) is 9.59 Å². The van der Waals surface area contributed by atoms with Gasteiger partial charge in [-0.15, -0.1) is 5.10 Å². The number of benzene rings is 1. The molecule has 8 nitrogen and oxygen atoms in total. The fourth-order valence-electron chi connectivity index (χ4n) is 3.81. The third-order valence-electron chi connectivity index (χ3n) is 5.22. The van der Waals surface area contributed by atoms with Crippen LogP contribution in [0.2, 0.25) is 0 Å². The second kappa shape index (κ2) is 5.87. The highest BCUT2D eigenvalue weighted by Gasteiger charge is 2.48. The summed E-state index contributed by atoms with van der Waals surface area (Å²) in [4.78, 5) is 30.8. The molecule has 0 saturated carbocycles. The number of amides is 2. The highest BCUT2D eigenvalue weighted by molar-refractivity contribution is 6.06. The van der Waals surface area contributed by atoms with E-state index in [0.29, 0.717) is 44.6 Å². The van der Waals surface area contributed by atoms with Gasteiger partial charge in [0.1, 0.15) is 5.82 Å². The number of nitrogens with two attached hydrogens (primary N) is 1. The fraction of sp³-hybridized carbons (Fsp3) is 0.412. The number of rotatable bonds is 3. The molecule has 25 heavy (non-hydrogen) atoms. The molecule has 2 amide bonds. The zero-order valence-corrected chi connectivity index (χ0v) is 13.8. The number of aryl methyl sites for hydroxylation is 1. The van der Waals surface area contributed by atoms with Gasteiger partial charge in [-0.25, -0.2) is 0 Å². The van der Waals surface area contributed by atoms with Crippen LogP contribution in [0.4, 0.5) is 11.6 Å². The molecule has 8 heteroatoms. The van der Waals surface area contributed by atoms with Gasteiger partial charge in [-0.2, -0.15) is 4.98 Å². The topological polar surface area (TPSA) is 117 Å². The minimum Gasteiger partial charge on any atom is -0.367 e. The Balaban J connectivity index is 1.40. The Labute approximate surface area is 144 Å². The largest absolute Gasteiger partial charge is 0.367 e. The number of piperidine rings is 1. The van der Waals surface area contributed by atoms with Crippen molar-refractivity contribution in [1.82, 2.24) is 20.1 Å². The molecule has 130 valence electrons. The van der Waals surface area contributed by atoms with Crippen molar-refractivity contribution in [3.63, 3.8) is 0 Å². The summed E-state index contributed by atoms with van der Waals surface area (Å²) < 4.78 is 0. The molecule has 0 radical (unpaired) electrons. The molecule has 0 atom stereocenters. The maximum absolute atomic E-state index is 12.6. The van der Waals surface area contributed by atoms with Crippen LogP contribution < -0.4 is 11.1 Å². The van der Waals surface area contributed by atoms with Gasteiger partial charge in [-0.1, -0.05) is 18.2 Å². The first-order valence-electron chi connectivity index (χ1n) is 8.44. The number of para-hydroxylation sites is 1. The monoisotopic (exact) mass is 340 g/mol. The average Bonchev–Trinajstić information content (AvgIpc) is 3.16. The lowest BCUT2D eigenvalue weighted by Gasteiger charge is -2.38. The molecule has 4 N–H and O–H groups in total. The maximum Gasteiger partial charge on any atom is 0.239 e. The number of nitrogens with one attached hydrogen (secondary N) is 2. The lowest BCUT2D eigenvalue weighted by atomic mass is 9.73. The first kappa shape index (κ1) is 15.6. The number of H-pyrrole nitrogens is 1. The molecule has 2 aliphatic heterocycles. The highest BCUT2D eigenvalue weighted by Crippen LogP contribution is 2.44. The van der Waals surface area contributed by atoms with E-state index >= 15 is 0 Å². The summed E-state index contributed by atoms with van der Waals surface area (Å²) in [5.74, 6) is 0.922. The zero-order chi connectivity index (χ0) is 17.4. The summed E-state index contributed by atoms with van der Waals surface area (Å²) in [6, 6.07) is 7.83. The molecule has 0 aliphatic carbocycles. The summed E-state index contributed by atoms with van der Waals surface area (Å²) in [6.45, 7) is 1.16. The Morgan fingerprint density at radius 1 is 1.28 bits per heavy atom. The van der Waals surface area contributed by atoms with E-state index in [4.69, 9.17) is 5.73 Å². The van der Waals surface area contributed by atoms with E-state index in [1.165, 1.54) is 0 Å². The summed E-state index contributed by atoms with van der Waals surface area (Å²) >= 11 is 0. The zero-order valence-electron chi connectivity index (χ0n) is 13.8. The van der Waals surface area contributed by atoms with Crippen LogP contribution in [0.3, 0.4) is 0 Å². The summed E-state index contributed by atoms with van der Waals surface area (Å²) in [6.07, 6.45) is 2.13. The molecule has 0 bridgehead atoms. The SMILES string of the molecule is Nc1n[nH]c(CCC(=O)N2CCC3(CC2)C(=O)Nc2ccccc23)n1. The van der Waals surface area contributed by atoms with E-state index in [1.807, 2.05) is 29.2 Å². The number of hydrogen-bond acceptors (Lipinski definition) is 5. The number of nitrogens with zero attached hydrogens (tertiary/aromatic N) is 3. The molecule has 2 aromatic rings. The second-order valence-electron chi connectivity index (χ2n) is 6.60. The Bertz CT molecular complexity index is 822. The number of hydrogen-bond donors (Lipinski definition) is 3. The van der Waals surface area contributed by atoms with Crippen molar-refractivity contribution in [2.75, 3.05) is 24.1 Å². The van der Waals surface area contributed by atoms with Crippen LogP contribution in [0.1, 0.15) is 30.7 Å². The lowest BCUT2D eigenvalue weighted by Crippen LogP contribution is -2.48. The predicted molar refractivity (Wildman–Crippen MR) is 91.7 cm³/mol. The third-order valence-corrected chi connectivity index (χ3v) is 5.22. The van der Waals surface area contributed by atoms with Gasteiger partial charge in [0.2, 0.25) is 17.8 Å². The van der Waals surface area contributed by atoms with Crippen molar-refractivity contribution < 1.29 is 9.59 Å². The molecule has 0 unspecified atom stereocenters. The molecule has 3 heterocycles. The van der Waals surface area contributed by atoms with Gasteiger partial charge >= 0.3 is 0 Å². The molecular weight excluding hydrogens is 320 g/mol. The minimum atomic E-state index is -0.493. The summed E-state index contributed by atoms with van der Waals surface area (Å²) in [7, 11) is 0. The first-order valence-corrected chi connectivity index (χ1v) is 8.44. The number of aromatic nitrogens is 3. The lowest BCUT2D eigenvalue weighted by molar-refractivity contribution is -0.135. The number of anilines is 2. The normalized spacial score (nSPS) is 18.2. The van der Waals surface area contributed by atoms with Crippen molar-refractivity contribution in [3.05, 3.63) is 35.7 Å². The van der Waals surface area contributed by atoms with Gasteiger partial charge in [0.25, 0.3) is 0 Å². The molecule has 1 aromatic heterocycles. The summed E-state index contributed by atoms with van der Waals surface area (Å²) in [5, 5.41) is 9.44. The van der Waals surface area contributed by atoms with Crippen molar-refractivity contribution >= 4 is 23.5 Å². The van der Waals surface area contributed by atoms with Crippen LogP contribution in [-0.2, 0) is 21.4 Å². The fourth-order valence-corrected chi connectivity index (χ4v) is 3.81. The van der Waals surface area contributed by atoms with E-state index in [2.05, 4.69) is 20.5 Å². The van der Waals surface area contributed by atoms with E-state index in [-0.39, 0.29) is 17.8 Å². The first-order chi connectivity index (χ1) is 12.1. The molecule has 1 saturated heterocycles. The van der Waals surface area contributed by atoms with Crippen LogP contribution in [0.5, 0.6) is 0 Å². The molecule has 4 rings (SSSR count). The smallest absolute Gasteiger partial charge is 0.239 e.